The molecule has 0 aromatic heterocycles. The van der Waals surface area contributed by atoms with Gasteiger partial charge in [-0.15, -0.1) is 0 Å². The minimum atomic E-state index is -1.13. The van der Waals surface area contributed by atoms with E-state index in [9.17, 15) is 9.59 Å². The molecule has 0 N–H and O–H groups in total. The molecule has 0 bridgehead atoms. The number of aryl methyl sites for hydroxylation is 2. The molecular formula is C14H18O7. The Hall–Kier alpha value is -2.12. The highest BCUT2D eigenvalue weighted by atomic mass is 17.5. The van der Waals surface area contributed by atoms with Crippen LogP contribution in [0.1, 0.15) is 28.4 Å². The van der Waals surface area contributed by atoms with Crippen LogP contribution >= 0.6 is 0 Å². The number of hydrogen-bond acceptors (Lipinski definition) is 7. The second-order valence-corrected chi connectivity index (χ2v) is 4.47. The smallest absolute Gasteiger partial charge is 0.427 e. The lowest BCUT2D eigenvalue weighted by Crippen LogP contribution is -2.21. The molecule has 1 rings (SSSR count). The summed E-state index contributed by atoms with van der Waals surface area (Å²) in [7, 11) is 1.47. The lowest BCUT2D eigenvalue weighted by molar-refractivity contribution is -0.453. The number of carbonyl (C=O) groups is 2. The first kappa shape index (κ1) is 16.9. The number of ether oxygens (including phenoxy) is 2. The fourth-order valence-electron chi connectivity index (χ4n) is 1.62. The SMILES string of the molecule is COCC(C)OC(=O)OOOC(=O)c1ccc(C)cc1C. The molecule has 0 spiro atoms. The number of hydrogen-bond donors (Lipinski definition) is 0. The van der Waals surface area contributed by atoms with Crippen LogP contribution in [-0.4, -0.2) is 31.9 Å². The summed E-state index contributed by atoms with van der Waals surface area (Å²) in [5, 5.41) is 4.11. The zero-order valence-electron chi connectivity index (χ0n) is 12.4. The van der Waals surface area contributed by atoms with Crippen molar-refractivity contribution < 1.29 is 33.9 Å². The van der Waals surface area contributed by atoms with E-state index in [4.69, 9.17) is 9.47 Å². The van der Waals surface area contributed by atoms with E-state index in [1.165, 1.54) is 7.11 Å². The first-order valence-corrected chi connectivity index (χ1v) is 6.26. The Labute approximate surface area is 122 Å². The number of rotatable bonds is 6. The van der Waals surface area contributed by atoms with Gasteiger partial charge in [0, 0.05) is 7.11 Å². The van der Waals surface area contributed by atoms with Gasteiger partial charge in [0.05, 0.1) is 17.2 Å². The summed E-state index contributed by atoms with van der Waals surface area (Å²) in [6.45, 7) is 5.47. The van der Waals surface area contributed by atoms with Crippen molar-refractivity contribution in [2.45, 2.75) is 26.9 Å². The third-order valence-corrected chi connectivity index (χ3v) is 2.51. The van der Waals surface area contributed by atoms with Crippen LogP contribution in [-0.2, 0) is 24.3 Å². The van der Waals surface area contributed by atoms with Gasteiger partial charge in [-0.25, -0.2) is 14.5 Å². The molecule has 0 aliphatic rings. The van der Waals surface area contributed by atoms with Crippen molar-refractivity contribution in [3.63, 3.8) is 0 Å². The lowest BCUT2D eigenvalue weighted by Gasteiger charge is -2.10. The van der Waals surface area contributed by atoms with Crippen molar-refractivity contribution in [3.8, 4) is 0 Å². The van der Waals surface area contributed by atoms with E-state index in [1.54, 1.807) is 26.0 Å². The van der Waals surface area contributed by atoms with Crippen LogP contribution in [0.3, 0.4) is 0 Å². The lowest BCUT2D eigenvalue weighted by atomic mass is 10.1. The number of benzene rings is 1. The molecule has 21 heavy (non-hydrogen) atoms. The van der Waals surface area contributed by atoms with E-state index in [0.717, 1.165) is 11.1 Å². The molecule has 1 aromatic carbocycles. The summed E-state index contributed by atoms with van der Waals surface area (Å²) >= 11 is 0. The van der Waals surface area contributed by atoms with Crippen molar-refractivity contribution in [2.24, 2.45) is 0 Å². The molecule has 0 saturated carbocycles. The highest BCUT2D eigenvalue weighted by Crippen LogP contribution is 2.12. The average molecular weight is 298 g/mol. The van der Waals surface area contributed by atoms with Gasteiger partial charge in [0.25, 0.3) is 0 Å². The third kappa shape index (κ3) is 5.80. The quantitative estimate of drug-likeness (QED) is 0.453. The molecule has 1 unspecified atom stereocenters. The molecule has 0 fully saturated rings. The third-order valence-electron chi connectivity index (χ3n) is 2.51. The Morgan fingerprint density at radius 3 is 2.52 bits per heavy atom. The van der Waals surface area contributed by atoms with Gasteiger partial charge < -0.3 is 9.47 Å². The molecule has 7 nitrogen and oxygen atoms in total. The first-order chi connectivity index (χ1) is 9.93. The molecule has 0 amide bonds. The summed E-state index contributed by atoms with van der Waals surface area (Å²) in [5.74, 6) is -0.773. The largest absolute Gasteiger partial charge is 0.543 e. The van der Waals surface area contributed by atoms with Crippen LogP contribution in [0, 0.1) is 13.8 Å². The predicted octanol–water partition coefficient (Wildman–Crippen LogP) is 2.49. The topological polar surface area (TPSA) is 80.3 Å². The van der Waals surface area contributed by atoms with Crippen LogP contribution in [0.5, 0.6) is 0 Å². The standard InChI is InChI=1S/C14H18O7/c1-9-5-6-12(10(2)7-9)13(15)19-21-20-14(16)18-11(3)8-17-4/h5-7,11H,8H2,1-4H3. The Balaban J connectivity index is 2.38. The number of carbonyl (C=O) groups excluding carboxylic acids is 2. The van der Waals surface area contributed by atoms with E-state index in [-0.39, 0.29) is 6.61 Å². The maximum atomic E-state index is 11.7. The Kier molecular flexibility index (Phi) is 6.64. The summed E-state index contributed by atoms with van der Waals surface area (Å²) in [6, 6.07) is 5.17. The second kappa shape index (κ2) is 8.23. The minimum absolute atomic E-state index is 0.206. The van der Waals surface area contributed by atoms with Crippen LogP contribution in [0.4, 0.5) is 4.79 Å². The van der Waals surface area contributed by atoms with Crippen molar-refractivity contribution in [3.05, 3.63) is 34.9 Å². The van der Waals surface area contributed by atoms with Crippen molar-refractivity contribution >= 4 is 12.1 Å². The molecule has 1 aromatic rings. The molecule has 116 valence electrons. The normalized spacial score (nSPS) is 11.6. The summed E-state index contributed by atoms with van der Waals surface area (Å²) in [4.78, 5) is 31.3. The molecule has 0 saturated heterocycles. The molecule has 0 heterocycles. The fraction of sp³-hybridized carbons (Fsp3) is 0.429. The Morgan fingerprint density at radius 1 is 1.19 bits per heavy atom. The Morgan fingerprint density at radius 2 is 1.90 bits per heavy atom. The zero-order chi connectivity index (χ0) is 15.8. The zero-order valence-corrected chi connectivity index (χ0v) is 12.4. The molecule has 1 atom stereocenters. The van der Waals surface area contributed by atoms with Crippen LogP contribution in [0.15, 0.2) is 18.2 Å². The van der Waals surface area contributed by atoms with E-state index in [2.05, 4.69) is 14.8 Å². The van der Waals surface area contributed by atoms with E-state index in [1.807, 2.05) is 13.0 Å². The van der Waals surface area contributed by atoms with E-state index < -0.39 is 18.2 Å². The van der Waals surface area contributed by atoms with Gasteiger partial charge in [-0.1, -0.05) is 17.7 Å². The van der Waals surface area contributed by atoms with Crippen LogP contribution < -0.4 is 0 Å². The Bertz CT molecular complexity index is 498. The highest BCUT2D eigenvalue weighted by Gasteiger charge is 2.16. The van der Waals surface area contributed by atoms with Crippen molar-refractivity contribution in [1.29, 1.82) is 0 Å². The first-order valence-electron chi connectivity index (χ1n) is 6.26. The molecule has 0 radical (unpaired) electrons. The van der Waals surface area contributed by atoms with E-state index >= 15 is 0 Å². The van der Waals surface area contributed by atoms with E-state index in [0.29, 0.717) is 5.56 Å². The van der Waals surface area contributed by atoms with Gasteiger partial charge in [-0.05, 0) is 32.4 Å². The van der Waals surface area contributed by atoms with Crippen molar-refractivity contribution in [2.75, 3.05) is 13.7 Å². The molecule has 7 heteroatoms. The summed E-state index contributed by atoms with van der Waals surface area (Å²) < 4.78 is 9.48. The maximum absolute atomic E-state index is 11.7. The summed E-state index contributed by atoms with van der Waals surface area (Å²) in [5.41, 5.74) is 2.04. The minimum Gasteiger partial charge on any atom is -0.427 e. The van der Waals surface area contributed by atoms with Crippen LogP contribution in [0.2, 0.25) is 0 Å². The van der Waals surface area contributed by atoms with Crippen molar-refractivity contribution in [1.82, 2.24) is 0 Å². The fourth-order valence-corrected chi connectivity index (χ4v) is 1.62. The maximum Gasteiger partial charge on any atom is 0.543 e. The van der Waals surface area contributed by atoms with Gasteiger partial charge in [0.15, 0.2) is 0 Å². The van der Waals surface area contributed by atoms with Gasteiger partial charge in [-0.3, -0.25) is 4.89 Å². The second-order valence-electron chi connectivity index (χ2n) is 4.47. The molecule has 0 aliphatic carbocycles. The number of methoxy groups -OCH3 is 1. The van der Waals surface area contributed by atoms with Gasteiger partial charge in [0.2, 0.25) is 0 Å². The predicted molar refractivity (Wildman–Crippen MR) is 71.3 cm³/mol. The van der Waals surface area contributed by atoms with Gasteiger partial charge in [0.1, 0.15) is 6.10 Å². The van der Waals surface area contributed by atoms with Gasteiger partial charge in [-0.2, -0.15) is 0 Å². The van der Waals surface area contributed by atoms with Gasteiger partial charge >= 0.3 is 12.1 Å². The molecular weight excluding hydrogens is 280 g/mol. The average Bonchev–Trinajstić information content (AvgIpc) is 2.38. The molecule has 0 aliphatic heterocycles. The summed E-state index contributed by atoms with van der Waals surface area (Å²) in [6.07, 6.45) is -1.64. The highest BCUT2D eigenvalue weighted by molar-refractivity contribution is 5.90. The van der Waals surface area contributed by atoms with Crippen LogP contribution in [0.25, 0.3) is 0 Å². The monoisotopic (exact) mass is 298 g/mol.